The molecule has 0 N–H and O–H groups in total. The SMILES string of the molecule is CCCCCCn1c2c(c(=O)n3nc(-c4ccccc4)cc13)CN(C1CCCCC1)C2=O. The smallest absolute Gasteiger partial charge is 0.280 e. The Kier molecular flexibility index (Phi) is 5.85. The molecule has 1 fully saturated rings. The Bertz CT molecular complexity index is 1170. The molecule has 6 nitrogen and oxygen atoms in total. The maximum absolute atomic E-state index is 13.6. The molecule has 2 aromatic heterocycles. The predicted molar refractivity (Wildman–Crippen MR) is 126 cm³/mol. The van der Waals surface area contributed by atoms with Crippen LogP contribution in [0.4, 0.5) is 0 Å². The zero-order chi connectivity index (χ0) is 22.1. The third-order valence-corrected chi connectivity index (χ3v) is 7.09. The summed E-state index contributed by atoms with van der Waals surface area (Å²) in [6.45, 7) is 3.35. The van der Waals surface area contributed by atoms with Crippen molar-refractivity contribution in [2.24, 2.45) is 0 Å². The van der Waals surface area contributed by atoms with Crippen LogP contribution >= 0.6 is 0 Å². The summed E-state index contributed by atoms with van der Waals surface area (Å²) in [5.74, 6) is 0.0319. The molecule has 1 aromatic carbocycles. The van der Waals surface area contributed by atoms with Crippen LogP contribution < -0.4 is 5.56 Å². The van der Waals surface area contributed by atoms with Gasteiger partial charge in [-0.15, -0.1) is 0 Å². The summed E-state index contributed by atoms with van der Waals surface area (Å²) < 4.78 is 3.61. The predicted octanol–water partition coefficient (Wildman–Crippen LogP) is 5.03. The van der Waals surface area contributed by atoms with Crippen LogP contribution in [0.2, 0.25) is 0 Å². The number of fused-ring (bicyclic) bond motifs is 2. The standard InChI is InChI=1S/C26H32N4O2/c1-2-3-4-11-16-28-23-17-22(19-12-7-5-8-13-19)27-30(23)25(31)21-18-29(26(32)24(21)28)20-14-9-6-10-15-20/h5,7-8,12-13,17,20H,2-4,6,9-11,14-16,18H2,1H3. The Morgan fingerprint density at radius 2 is 1.78 bits per heavy atom. The van der Waals surface area contributed by atoms with Crippen molar-refractivity contribution in [1.29, 1.82) is 0 Å². The topological polar surface area (TPSA) is 59.6 Å². The van der Waals surface area contributed by atoms with E-state index in [0.717, 1.165) is 68.4 Å². The minimum Gasteiger partial charge on any atom is -0.330 e. The van der Waals surface area contributed by atoms with Gasteiger partial charge in [-0.3, -0.25) is 9.59 Å². The maximum atomic E-state index is 13.6. The number of unbranched alkanes of at least 4 members (excludes halogenated alkanes) is 3. The molecule has 3 heterocycles. The Morgan fingerprint density at radius 1 is 1.00 bits per heavy atom. The van der Waals surface area contributed by atoms with Gasteiger partial charge >= 0.3 is 0 Å². The van der Waals surface area contributed by atoms with E-state index in [1.165, 1.54) is 17.4 Å². The number of carbonyl (C=O) groups is 1. The summed E-state index contributed by atoms with van der Waals surface area (Å²) in [5.41, 5.74) is 3.54. The molecule has 0 radical (unpaired) electrons. The molecule has 0 spiro atoms. The average Bonchev–Trinajstić information content (AvgIpc) is 3.43. The monoisotopic (exact) mass is 432 g/mol. The normalized spacial score (nSPS) is 16.8. The molecule has 168 valence electrons. The van der Waals surface area contributed by atoms with E-state index < -0.39 is 0 Å². The molecule has 0 unspecified atom stereocenters. The molecule has 0 bridgehead atoms. The van der Waals surface area contributed by atoms with Crippen molar-refractivity contribution in [3.63, 3.8) is 0 Å². The highest BCUT2D eigenvalue weighted by Crippen LogP contribution is 2.31. The molecule has 6 heteroatoms. The first-order valence-corrected chi connectivity index (χ1v) is 12.2. The summed E-state index contributed by atoms with van der Waals surface area (Å²) in [4.78, 5) is 29.1. The first-order valence-electron chi connectivity index (χ1n) is 12.2. The van der Waals surface area contributed by atoms with Crippen LogP contribution in [-0.2, 0) is 13.1 Å². The minimum atomic E-state index is -0.145. The Labute approximate surface area is 188 Å². The van der Waals surface area contributed by atoms with E-state index in [1.807, 2.05) is 41.3 Å². The van der Waals surface area contributed by atoms with Crippen molar-refractivity contribution in [2.75, 3.05) is 0 Å². The fourth-order valence-corrected chi connectivity index (χ4v) is 5.35. The van der Waals surface area contributed by atoms with Gasteiger partial charge < -0.3 is 9.47 Å². The zero-order valence-corrected chi connectivity index (χ0v) is 18.9. The number of nitrogens with zero attached hydrogens (tertiary/aromatic N) is 4. The van der Waals surface area contributed by atoms with Gasteiger partial charge in [-0.05, 0) is 19.3 Å². The van der Waals surface area contributed by atoms with E-state index in [4.69, 9.17) is 0 Å². The van der Waals surface area contributed by atoms with Gasteiger partial charge in [0.2, 0.25) is 0 Å². The molecule has 1 aliphatic heterocycles. The van der Waals surface area contributed by atoms with E-state index in [2.05, 4.69) is 16.6 Å². The zero-order valence-electron chi connectivity index (χ0n) is 18.9. The highest BCUT2D eigenvalue weighted by Gasteiger charge is 2.38. The second kappa shape index (κ2) is 8.93. The third kappa shape index (κ3) is 3.65. The minimum absolute atomic E-state index is 0.0319. The van der Waals surface area contributed by atoms with E-state index in [0.29, 0.717) is 17.8 Å². The second-order valence-corrected chi connectivity index (χ2v) is 9.24. The summed E-state index contributed by atoms with van der Waals surface area (Å²) in [5, 5.41) is 4.68. The van der Waals surface area contributed by atoms with E-state index >= 15 is 0 Å². The van der Waals surface area contributed by atoms with Gasteiger partial charge in [-0.25, -0.2) is 0 Å². The van der Waals surface area contributed by atoms with E-state index in [1.54, 1.807) is 0 Å². The van der Waals surface area contributed by atoms with E-state index in [-0.39, 0.29) is 17.5 Å². The molecule has 1 saturated carbocycles. The molecule has 3 aromatic rings. The molecule has 1 amide bonds. The summed E-state index contributed by atoms with van der Waals surface area (Å²) in [6.07, 6.45) is 10.1. The van der Waals surface area contributed by atoms with Crippen molar-refractivity contribution < 1.29 is 4.79 Å². The van der Waals surface area contributed by atoms with Crippen LogP contribution in [0.15, 0.2) is 41.2 Å². The van der Waals surface area contributed by atoms with Crippen molar-refractivity contribution in [1.82, 2.24) is 19.1 Å². The number of hydrogen-bond donors (Lipinski definition) is 0. The lowest BCUT2D eigenvalue weighted by atomic mass is 9.94. The highest BCUT2D eigenvalue weighted by molar-refractivity contribution is 5.97. The van der Waals surface area contributed by atoms with Gasteiger partial charge in [0.1, 0.15) is 11.3 Å². The lowest BCUT2D eigenvalue weighted by molar-refractivity contribution is 0.0652. The lowest BCUT2D eigenvalue weighted by Gasteiger charge is -2.30. The summed E-state index contributed by atoms with van der Waals surface area (Å²) >= 11 is 0. The molecule has 0 saturated heterocycles. The van der Waals surface area contributed by atoms with Crippen LogP contribution in [0.5, 0.6) is 0 Å². The highest BCUT2D eigenvalue weighted by atomic mass is 16.2. The largest absolute Gasteiger partial charge is 0.330 e. The summed E-state index contributed by atoms with van der Waals surface area (Å²) in [7, 11) is 0. The van der Waals surface area contributed by atoms with Crippen molar-refractivity contribution in [2.45, 2.75) is 83.8 Å². The van der Waals surface area contributed by atoms with E-state index in [9.17, 15) is 9.59 Å². The van der Waals surface area contributed by atoms with Crippen LogP contribution in [0, 0.1) is 0 Å². The number of benzene rings is 1. The molecule has 1 aliphatic carbocycles. The third-order valence-electron chi connectivity index (χ3n) is 7.09. The molecule has 2 aliphatic rings. The van der Waals surface area contributed by atoms with Gasteiger partial charge in [0.05, 0.1) is 17.8 Å². The van der Waals surface area contributed by atoms with Crippen LogP contribution in [0.25, 0.3) is 16.9 Å². The fraction of sp³-hybridized carbons (Fsp3) is 0.500. The van der Waals surface area contributed by atoms with Gasteiger partial charge in [0, 0.05) is 24.2 Å². The van der Waals surface area contributed by atoms with Crippen molar-refractivity contribution in [3.8, 4) is 11.3 Å². The van der Waals surface area contributed by atoms with Crippen LogP contribution in [-0.4, -0.2) is 31.0 Å². The van der Waals surface area contributed by atoms with Crippen LogP contribution in [0.3, 0.4) is 0 Å². The van der Waals surface area contributed by atoms with Crippen molar-refractivity contribution >= 4 is 11.6 Å². The quantitative estimate of drug-likeness (QED) is 0.492. The number of carbonyl (C=O) groups excluding carboxylic acids is 1. The van der Waals surface area contributed by atoms with Gasteiger partial charge in [0.15, 0.2) is 0 Å². The molecule has 32 heavy (non-hydrogen) atoms. The molecule has 5 rings (SSSR count). The van der Waals surface area contributed by atoms with Gasteiger partial charge in [0.25, 0.3) is 11.5 Å². The van der Waals surface area contributed by atoms with Gasteiger partial charge in [-0.2, -0.15) is 9.61 Å². The molecule has 0 atom stereocenters. The number of aryl methyl sites for hydroxylation is 1. The first kappa shape index (κ1) is 21.0. The number of hydrogen-bond acceptors (Lipinski definition) is 3. The Hall–Kier alpha value is -2.89. The Balaban J connectivity index is 1.60. The fourth-order valence-electron chi connectivity index (χ4n) is 5.35. The number of amides is 1. The number of rotatable bonds is 7. The second-order valence-electron chi connectivity index (χ2n) is 9.24. The lowest BCUT2D eigenvalue weighted by Crippen LogP contribution is -2.37. The molecular formula is C26H32N4O2. The summed E-state index contributed by atoms with van der Waals surface area (Å²) in [6, 6.07) is 12.1. The maximum Gasteiger partial charge on any atom is 0.280 e. The Morgan fingerprint density at radius 3 is 2.53 bits per heavy atom. The van der Waals surface area contributed by atoms with Crippen molar-refractivity contribution in [3.05, 3.63) is 58.0 Å². The number of aromatic nitrogens is 3. The van der Waals surface area contributed by atoms with Gasteiger partial charge in [-0.1, -0.05) is 75.8 Å². The molecular weight excluding hydrogens is 400 g/mol. The first-order chi connectivity index (χ1) is 15.7. The average molecular weight is 433 g/mol. The van der Waals surface area contributed by atoms with Crippen LogP contribution in [0.1, 0.15) is 80.8 Å².